The molecule has 14 heteroatoms. The van der Waals surface area contributed by atoms with Gasteiger partial charge < -0.3 is 28.8 Å². The first-order valence-electron chi connectivity index (χ1n) is 17.4. The van der Waals surface area contributed by atoms with Crippen LogP contribution in [0.15, 0.2) is 93.8 Å². The first kappa shape index (κ1) is 37.5. The molecule has 0 saturated carbocycles. The number of fused-ring (bicyclic) bond motifs is 2. The maximum Gasteiger partial charge on any atom is 0.371 e. The summed E-state index contributed by atoms with van der Waals surface area (Å²) in [7, 11) is 0. The Morgan fingerprint density at radius 1 is 0.611 bits per heavy atom. The van der Waals surface area contributed by atoms with Crippen molar-refractivity contribution < 1.29 is 33.0 Å². The molecule has 2 aromatic heterocycles. The van der Waals surface area contributed by atoms with Crippen molar-refractivity contribution in [1.82, 2.24) is 9.80 Å². The van der Waals surface area contributed by atoms with Crippen LogP contribution in [-0.4, -0.2) is 84.3 Å². The smallest absolute Gasteiger partial charge is 0.371 e. The second kappa shape index (κ2) is 16.3. The van der Waals surface area contributed by atoms with Crippen LogP contribution in [0, 0.1) is 5.82 Å². The summed E-state index contributed by atoms with van der Waals surface area (Å²) in [5, 5.41) is 21.2. The Morgan fingerprint density at radius 2 is 1.07 bits per heavy atom. The third-order valence-corrected chi connectivity index (χ3v) is 10.8. The Labute approximate surface area is 325 Å². The Hall–Kier alpha value is -4.78. The van der Waals surface area contributed by atoms with Gasteiger partial charge in [-0.3, -0.25) is 9.80 Å². The maximum absolute atomic E-state index is 13.8. The highest BCUT2D eigenvalue weighted by Crippen LogP contribution is 2.37. The van der Waals surface area contributed by atoms with Crippen molar-refractivity contribution in [1.29, 1.82) is 0 Å². The Kier molecular flexibility index (Phi) is 11.3. The van der Waals surface area contributed by atoms with Gasteiger partial charge in [-0.25, -0.2) is 14.0 Å². The van der Waals surface area contributed by atoms with Crippen molar-refractivity contribution in [2.45, 2.75) is 13.1 Å². The van der Waals surface area contributed by atoms with Gasteiger partial charge in [0.25, 0.3) is 0 Å². The van der Waals surface area contributed by atoms with Crippen molar-refractivity contribution in [2.75, 3.05) is 62.2 Å². The van der Waals surface area contributed by atoms with Crippen LogP contribution in [0.2, 0.25) is 15.1 Å². The molecule has 0 unspecified atom stereocenters. The van der Waals surface area contributed by atoms with Crippen molar-refractivity contribution in [3.05, 3.63) is 128 Å². The number of anilines is 2. The summed E-state index contributed by atoms with van der Waals surface area (Å²) in [4.78, 5) is 31.2. The largest absolute Gasteiger partial charge is 0.475 e. The summed E-state index contributed by atoms with van der Waals surface area (Å²) in [5.41, 5.74) is 4.65. The van der Waals surface area contributed by atoms with E-state index in [0.29, 0.717) is 44.1 Å². The molecular weight excluding hydrogens is 758 g/mol. The zero-order valence-electron chi connectivity index (χ0n) is 29.0. The Balaban J connectivity index is 0.000000167. The molecule has 0 spiro atoms. The average Bonchev–Trinajstić information content (AvgIpc) is 3.82. The molecular formula is C40H36Cl3FN4O6. The van der Waals surface area contributed by atoms with Gasteiger partial charge >= 0.3 is 11.9 Å². The summed E-state index contributed by atoms with van der Waals surface area (Å²) in [6.45, 7) is 8.09. The van der Waals surface area contributed by atoms with Crippen LogP contribution in [0.25, 0.3) is 21.9 Å². The number of hydrogen-bond donors (Lipinski definition) is 2. The maximum atomic E-state index is 13.8. The molecule has 0 amide bonds. The highest BCUT2D eigenvalue weighted by molar-refractivity contribution is 6.38. The first-order chi connectivity index (χ1) is 26.0. The zero-order valence-corrected chi connectivity index (χ0v) is 31.2. The molecule has 4 aromatic carbocycles. The standard InChI is InChI=1S/C20H18Cl2N2O3.C20H18ClFN2O3/c21-14-3-1-13(2-4-14)12-23-7-9-24(10-8-23)16-5-6-17-15(19(16)22)11-18(27-17)20(25)26;21-19-14-11-18(20(25)26)27-17(14)6-5-16(19)24-9-7-23(8-10-24)12-13-3-1-2-4-15(13)22/h2*1-6,11H,7-10,12H2,(H,25,26). The highest BCUT2D eigenvalue weighted by Gasteiger charge is 2.24. The molecule has 0 bridgehead atoms. The fraction of sp³-hybridized carbons (Fsp3) is 0.250. The third-order valence-electron chi connectivity index (χ3n) is 9.75. The van der Waals surface area contributed by atoms with Gasteiger partial charge in [0.05, 0.1) is 21.4 Å². The minimum absolute atomic E-state index is 0.100. The molecule has 280 valence electrons. The molecule has 8 rings (SSSR count). The lowest BCUT2D eigenvalue weighted by atomic mass is 10.1. The number of carbonyl (C=O) groups is 2. The van der Waals surface area contributed by atoms with Crippen molar-refractivity contribution in [3.8, 4) is 0 Å². The van der Waals surface area contributed by atoms with E-state index in [-0.39, 0.29) is 17.3 Å². The molecule has 2 aliphatic rings. The Morgan fingerprint density at radius 3 is 1.54 bits per heavy atom. The topological polar surface area (TPSA) is 114 Å². The highest BCUT2D eigenvalue weighted by atomic mass is 35.5. The molecule has 0 radical (unpaired) electrons. The van der Waals surface area contributed by atoms with Gasteiger partial charge in [-0.2, -0.15) is 0 Å². The number of aromatic carboxylic acids is 2. The molecule has 10 nitrogen and oxygen atoms in total. The first-order valence-corrected chi connectivity index (χ1v) is 18.5. The minimum atomic E-state index is -1.12. The monoisotopic (exact) mass is 792 g/mol. The quantitative estimate of drug-likeness (QED) is 0.155. The van der Waals surface area contributed by atoms with Crippen LogP contribution in [-0.2, 0) is 13.1 Å². The molecule has 0 aliphatic carbocycles. The van der Waals surface area contributed by atoms with E-state index < -0.39 is 11.9 Å². The van der Waals surface area contributed by atoms with Gasteiger partial charge in [0, 0.05) is 98.9 Å². The predicted octanol–water partition coefficient (Wildman–Crippen LogP) is 9.01. The molecule has 2 N–H and O–H groups in total. The number of carboxylic acid groups (broad SMARTS) is 2. The van der Waals surface area contributed by atoms with Gasteiger partial charge in [0.1, 0.15) is 17.0 Å². The van der Waals surface area contributed by atoms with Gasteiger partial charge in [0.15, 0.2) is 0 Å². The van der Waals surface area contributed by atoms with E-state index in [4.69, 9.17) is 53.9 Å². The van der Waals surface area contributed by atoms with E-state index in [1.165, 1.54) is 23.8 Å². The van der Waals surface area contributed by atoms with Crippen LogP contribution >= 0.6 is 34.8 Å². The van der Waals surface area contributed by atoms with Crippen LogP contribution in [0.4, 0.5) is 15.8 Å². The van der Waals surface area contributed by atoms with Gasteiger partial charge in [0.2, 0.25) is 11.5 Å². The molecule has 54 heavy (non-hydrogen) atoms. The Bertz CT molecular complexity index is 2300. The fourth-order valence-electron chi connectivity index (χ4n) is 6.84. The molecule has 4 heterocycles. The number of carboxylic acids is 2. The molecule has 6 aromatic rings. The van der Waals surface area contributed by atoms with Crippen molar-refractivity contribution in [2.24, 2.45) is 0 Å². The number of hydrogen-bond acceptors (Lipinski definition) is 8. The molecule has 2 aliphatic heterocycles. The van der Waals surface area contributed by atoms with Crippen LogP contribution < -0.4 is 9.80 Å². The predicted molar refractivity (Wildman–Crippen MR) is 209 cm³/mol. The van der Waals surface area contributed by atoms with E-state index in [2.05, 4.69) is 31.7 Å². The van der Waals surface area contributed by atoms with E-state index in [1.807, 2.05) is 36.4 Å². The normalized spacial score (nSPS) is 15.4. The van der Waals surface area contributed by atoms with Crippen LogP contribution in [0.3, 0.4) is 0 Å². The van der Waals surface area contributed by atoms with Gasteiger partial charge in [-0.15, -0.1) is 0 Å². The number of rotatable bonds is 8. The van der Waals surface area contributed by atoms with E-state index in [0.717, 1.165) is 75.3 Å². The molecule has 2 fully saturated rings. The number of benzene rings is 4. The second-order valence-electron chi connectivity index (χ2n) is 13.2. The number of nitrogens with zero attached hydrogens (tertiary/aromatic N) is 4. The van der Waals surface area contributed by atoms with Crippen LogP contribution in [0.5, 0.6) is 0 Å². The van der Waals surface area contributed by atoms with Crippen molar-refractivity contribution in [3.63, 3.8) is 0 Å². The summed E-state index contributed by atoms with van der Waals surface area (Å²) in [5.74, 6) is -2.62. The summed E-state index contributed by atoms with van der Waals surface area (Å²) < 4.78 is 24.5. The van der Waals surface area contributed by atoms with E-state index >= 15 is 0 Å². The third kappa shape index (κ3) is 8.30. The lowest BCUT2D eigenvalue weighted by molar-refractivity contribution is 0.0655. The number of halogens is 4. The SMILES string of the molecule is O=C(O)c1cc2c(Cl)c(N3CCN(Cc4ccc(Cl)cc4)CC3)ccc2o1.O=C(O)c1cc2c(Cl)c(N3CCN(Cc4ccccc4F)CC3)ccc2o1. The van der Waals surface area contributed by atoms with Gasteiger partial charge in [-0.1, -0.05) is 65.1 Å². The van der Waals surface area contributed by atoms with Crippen molar-refractivity contribution >= 4 is 80.1 Å². The number of piperazine rings is 2. The lowest BCUT2D eigenvalue weighted by Gasteiger charge is -2.36. The fourth-order valence-corrected chi connectivity index (χ4v) is 7.63. The van der Waals surface area contributed by atoms with Crippen LogP contribution in [0.1, 0.15) is 32.2 Å². The summed E-state index contributed by atoms with van der Waals surface area (Å²) in [6.07, 6.45) is 0. The average molecular weight is 794 g/mol. The van der Waals surface area contributed by atoms with Gasteiger partial charge in [-0.05, 0) is 48.0 Å². The zero-order chi connectivity index (χ0) is 37.9. The minimum Gasteiger partial charge on any atom is -0.475 e. The molecule has 0 atom stereocenters. The summed E-state index contributed by atoms with van der Waals surface area (Å²) in [6, 6.07) is 25.0. The summed E-state index contributed by atoms with van der Waals surface area (Å²) >= 11 is 19.0. The number of furan rings is 2. The second-order valence-corrected chi connectivity index (χ2v) is 14.4. The molecule has 2 saturated heterocycles. The van der Waals surface area contributed by atoms with E-state index in [9.17, 15) is 14.0 Å². The lowest BCUT2D eigenvalue weighted by Crippen LogP contribution is -2.46. The van der Waals surface area contributed by atoms with E-state index in [1.54, 1.807) is 18.2 Å².